The quantitative estimate of drug-likeness (QED) is 0.729. The van der Waals surface area contributed by atoms with Crippen molar-refractivity contribution in [2.75, 3.05) is 23.3 Å². The zero-order valence-corrected chi connectivity index (χ0v) is 8.01. The van der Waals surface area contributed by atoms with E-state index in [9.17, 15) is 0 Å². The zero-order valence-electron chi connectivity index (χ0n) is 7.26. The van der Waals surface area contributed by atoms with Crippen molar-refractivity contribution in [1.29, 1.82) is 0 Å². The van der Waals surface area contributed by atoms with Crippen molar-refractivity contribution in [3.05, 3.63) is 24.3 Å². The van der Waals surface area contributed by atoms with Gasteiger partial charge in [-0.1, -0.05) is 12.1 Å². The van der Waals surface area contributed by atoms with Gasteiger partial charge < -0.3 is 0 Å². The van der Waals surface area contributed by atoms with Crippen molar-refractivity contribution in [1.82, 2.24) is 5.12 Å². The van der Waals surface area contributed by atoms with E-state index in [0.717, 1.165) is 24.3 Å². The lowest BCUT2D eigenvalue weighted by molar-refractivity contribution is 0.411. The number of nitrogens with one attached hydrogen (secondary N) is 2. The fraction of sp³-hybridized carbons (Fsp3) is 0.333. The van der Waals surface area contributed by atoms with Gasteiger partial charge in [0.25, 0.3) is 0 Å². The summed E-state index contributed by atoms with van der Waals surface area (Å²) in [6.45, 7) is 0.901. The van der Waals surface area contributed by atoms with Crippen LogP contribution in [0.25, 0.3) is 0 Å². The first-order valence-corrected chi connectivity index (χ1v) is 4.89. The van der Waals surface area contributed by atoms with Gasteiger partial charge in [-0.3, -0.25) is 10.9 Å². The van der Waals surface area contributed by atoms with E-state index in [4.69, 9.17) is 11.6 Å². The second kappa shape index (κ2) is 3.85. The molecule has 0 atom stereocenters. The maximum atomic E-state index is 5.61. The Kier molecular flexibility index (Phi) is 2.57. The third-order valence-electron chi connectivity index (χ3n) is 1.95. The number of fused-ring (bicyclic) bond motifs is 1. The topological polar surface area (TPSA) is 27.3 Å². The maximum Gasteiger partial charge on any atom is 0.0753 e. The fourth-order valence-corrected chi connectivity index (χ4v) is 1.45. The Morgan fingerprint density at radius 3 is 2.31 bits per heavy atom. The van der Waals surface area contributed by atoms with Crippen molar-refractivity contribution in [2.24, 2.45) is 0 Å². The lowest BCUT2D eigenvalue weighted by Crippen LogP contribution is -2.30. The summed E-state index contributed by atoms with van der Waals surface area (Å²) in [7, 11) is 0. The molecule has 4 heteroatoms. The molecule has 0 saturated heterocycles. The molecule has 70 valence electrons. The van der Waals surface area contributed by atoms with E-state index in [0.29, 0.717) is 5.88 Å². The number of nitrogens with zero attached hydrogens (tertiary/aromatic N) is 1. The number of anilines is 2. The molecule has 1 aliphatic heterocycles. The Hall–Kier alpha value is -0.930. The van der Waals surface area contributed by atoms with Gasteiger partial charge in [0.2, 0.25) is 0 Å². The van der Waals surface area contributed by atoms with Crippen LogP contribution >= 0.6 is 11.6 Å². The van der Waals surface area contributed by atoms with Crippen LogP contribution in [-0.4, -0.2) is 17.5 Å². The van der Waals surface area contributed by atoms with Crippen LogP contribution in [0.2, 0.25) is 0 Å². The largest absolute Gasteiger partial charge is 0.299 e. The average Bonchev–Trinajstić information content (AvgIpc) is 2.57. The number of hydrogen-bond acceptors (Lipinski definition) is 3. The molecule has 0 saturated carbocycles. The number of rotatable bonds is 3. The predicted octanol–water partition coefficient (Wildman–Crippen LogP) is 2.28. The van der Waals surface area contributed by atoms with E-state index >= 15 is 0 Å². The molecule has 0 unspecified atom stereocenters. The Morgan fingerprint density at radius 1 is 1.15 bits per heavy atom. The summed E-state index contributed by atoms with van der Waals surface area (Å²) in [6, 6.07) is 8.11. The summed E-state index contributed by atoms with van der Waals surface area (Å²) < 4.78 is 0. The minimum atomic E-state index is 0.691. The highest BCUT2D eigenvalue weighted by Gasteiger charge is 2.14. The third kappa shape index (κ3) is 1.87. The van der Waals surface area contributed by atoms with E-state index in [2.05, 4.69) is 10.9 Å². The molecule has 1 aliphatic rings. The molecule has 1 heterocycles. The average molecular weight is 198 g/mol. The Balaban J connectivity index is 1.97. The van der Waals surface area contributed by atoms with Gasteiger partial charge in [0.1, 0.15) is 0 Å². The Labute approximate surface area is 82.6 Å². The molecular formula is C9H12ClN3. The van der Waals surface area contributed by atoms with Gasteiger partial charge in [-0.05, 0) is 18.6 Å². The van der Waals surface area contributed by atoms with Gasteiger partial charge in [-0.25, -0.2) is 0 Å². The molecule has 1 aromatic carbocycles. The Bertz CT molecular complexity index is 265. The van der Waals surface area contributed by atoms with Gasteiger partial charge in [-0.2, -0.15) is 0 Å². The van der Waals surface area contributed by atoms with Gasteiger partial charge in [-0.15, -0.1) is 16.7 Å². The molecule has 0 aliphatic carbocycles. The van der Waals surface area contributed by atoms with Crippen LogP contribution in [-0.2, 0) is 0 Å². The highest BCUT2D eigenvalue weighted by atomic mass is 35.5. The molecule has 0 radical (unpaired) electrons. The molecular weight excluding hydrogens is 186 g/mol. The summed E-state index contributed by atoms with van der Waals surface area (Å²) in [5, 5.41) is 1.95. The lowest BCUT2D eigenvalue weighted by Gasteiger charge is -2.15. The van der Waals surface area contributed by atoms with Crippen molar-refractivity contribution in [2.45, 2.75) is 6.42 Å². The summed E-state index contributed by atoms with van der Waals surface area (Å²) in [4.78, 5) is 0. The van der Waals surface area contributed by atoms with Crippen molar-refractivity contribution in [3.63, 3.8) is 0 Å². The van der Waals surface area contributed by atoms with Crippen molar-refractivity contribution in [3.8, 4) is 0 Å². The molecule has 2 rings (SSSR count). The lowest BCUT2D eigenvalue weighted by atomic mass is 10.3. The fourth-order valence-electron chi connectivity index (χ4n) is 1.33. The monoisotopic (exact) mass is 197 g/mol. The molecule has 0 aromatic heterocycles. The van der Waals surface area contributed by atoms with Crippen LogP contribution in [0.15, 0.2) is 24.3 Å². The summed E-state index contributed by atoms with van der Waals surface area (Å²) in [5.41, 5.74) is 8.71. The van der Waals surface area contributed by atoms with Gasteiger partial charge >= 0.3 is 0 Å². The molecule has 0 fully saturated rings. The number of alkyl halides is 1. The molecule has 3 nitrogen and oxygen atoms in total. The number of hydrogen-bond donors (Lipinski definition) is 2. The van der Waals surface area contributed by atoms with Gasteiger partial charge in [0.15, 0.2) is 0 Å². The number of halogens is 1. The number of para-hydroxylation sites is 2. The standard InChI is InChI=1S/C9H12ClN3/c10-6-3-7-13-11-8-4-1-2-5-9(8)12-13/h1-2,4-5,11-12H,3,6-7H2. The highest BCUT2D eigenvalue weighted by Crippen LogP contribution is 2.26. The molecule has 0 spiro atoms. The van der Waals surface area contributed by atoms with E-state index < -0.39 is 0 Å². The van der Waals surface area contributed by atoms with Gasteiger partial charge in [0.05, 0.1) is 11.4 Å². The third-order valence-corrected chi connectivity index (χ3v) is 2.22. The van der Waals surface area contributed by atoms with Crippen LogP contribution in [0.5, 0.6) is 0 Å². The second-order valence-electron chi connectivity index (χ2n) is 2.96. The minimum absolute atomic E-state index is 0.691. The second-order valence-corrected chi connectivity index (χ2v) is 3.34. The summed E-state index contributed by atoms with van der Waals surface area (Å²) in [5.74, 6) is 0.691. The first kappa shape index (κ1) is 8.66. The van der Waals surface area contributed by atoms with Crippen LogP contribution in [0.1, 0.15) is 6.42 Å². The van der Waals surface area contributed by atoms with Crippen molar-refractivity contribution >= 4 is 23.0 Å². The Morgan fingerprint density at radius 2 is 1.77 bits per heavy atom. The SMILES string of the molecule is ClCCCN1Nc2ccccc2N1. The molecule has 0 amide bonds. The molecule has 13 heavy (non-hydrogen) atoms. The summed E-state index contributed by atoms with van der Waals surface area (Å²) >= 11 is 5.61. The van der Waals surface area contributed by atoms with Crippen LogP contribution in [0.3, 0.4) is 0 Å². The molecule has 0 bridgehead atoms. The van der Waals surface area contributed by atoms with Crippen LogP contribution in [0, 0.1) is 0 Å². The number of hydrazine groups is 2. The minimum Gasteiger partial charge on any atom is -0.299 e. The van der Waals surface area contributed by atoms with E-state index in [1.807, 2.05) is 29.4 Å². The van der Waals surface area contributed by atoms with E-state index in [-0.39, 0.29) is 0 Å². The van der Waals surface area contributed by atoms with Crippen LogP contribution in [0.4, 0.5) is 11.4 Å². The van der Waals surface area contributed by atoms with Gasteiger partial charge in [0, 0.05) is 12.4 Å². The van der Waals surface area contributed by atoms with Crippen LogP contribution < -0.4 is 10.9 Å². The maximum absolute atomic E-state index is 5.61. The van der Waals surface area contributed by atoms with Crippen molar-refractivity contribution < 1.29 is 0 Å². The highest BCUT2D eigenvalue weighted by molar-refractivity contribution is 6.17. The van der Waals surface area contributed by atoms with E-state index in [1.165, 1.54) is 0 Å². The first-order chi connectivity index (χ1) is 6.40. The zero-order chi connectivity index (χ0) is 9.10. The number of benzene rings is 1. The molecule has 1 aromatic rings. The van der Waals surface area contributed by atoms with E-state index in [1.54, 1.807) is 0 Å². The molecule has 2 N–H and O–H groups in total. The normalized spacial score (nSPS) is 14.8. The first-order valence-electron chi connectivity index (χ1n) is 4.36. The smallest absolute Gasteiger partial charge is 0.0753 e. The summed E-state index contributed by atoms with van der Waals surface area (Å²) in [6.07, 6.45) is 0.968. The predicted molar refractivity (Wildman–Crippen MR) is 55.7 cm³/mol.